The number of anilines is 1. The van der Waals surface area contributed by atoms with E-state index in [1.165, 1.54) is 0 Å². The summed E-state index contributed by atoms with van der Waals surface area (Å²) in [6.45, 7) is 4.32. The van der Waals surface area contributed by atoms with E-state index in [1.807, 2.05) is 22.7 Å². The molecule has 3 aromatic rings. The summed E-state index contributed by atoms with van der Waals surface area (Å²) in [7, 11) is 2.20. The van der Waals surface area contributed by atoms with Crippen LogP contribution in [0.1, 0.15) is 12.8 Å². The van der Waals surface area contributed by atoms with Crippen LogP contribution in [0.2, 0.25) is 0 Å². The first-order valence-electron chi connectivity index (χ1n) is 8.51. The number of nitrogens with zero attached hydrogens (tertiary/aromatic N) is 6. The third kappa shape index (κ3) is 2.97. The Morgan fingerprint density at radius 3 is 2.46 bits per heavy atom. The van der Waals surface area contributed by atoms with Gasteiger partial charge in [-0.2, -0.15) is 14.6 Å². The van der Waals surface area contributed by atoms with Crippen molar-refractivity contribution >= 4 is 11.6 Å². The highest BCUT2D eigenvalue weighted by Gasteiger charge is 2.17. The average Bonchev–Trinajstić information content (AvgIpc) is 3.07. The standard InChI is InChI=1S/C18H22N6/c1-22-9-5-11-23(12-6-10-22)17-13-16(15-7-3-2-4-8-15)21-18-19-14-20-24(17)18/h2-4,7-8,13-14H,5-6,9-12H2,1H3. The lowest BCUT2D eigenvalue weighted by Gasteiger charge is -2.30. The van der Waals surface area contributed by atoms with Gasteiger partial charge in [0.1, 0.15) is 12.1 Å². The SMILES string of the molecule is CN1CCCN(c2cc(-c3ccccc3)nc3ncnn23)CCC1. The Morgan fingerprint density at radius 2 is 1.71 bits per heavy atom. The molecule has 0 N–H and O–H groups in total. The van der Waals surface area contributed by atoms with Gasteiger partial charge < -0.3 is 9.80 Å². The van der Waals surface area contributed by atoms with Crippen LogP contribution in [0.4, 0.5) is 5.82 Å². The Morgan fingerprint density at radius 1 is 0.958 bits per heavy atom. The summed E-state index contributed by atoms with van der Waals surface area (Å²) in [6, 6.07) is 12.4. The van der Waals surface area contributed by atoms with Gasteiger partial charge in [-0.05, 0) is 33.0 Å². The van der Waals surface area contributed by atoms with Crippen LogP contribution in [0.5, 0.6) is 0 Å². The van der Waals surface area contributed by atoms with Crippen LogP contribution in [-0.2, 0) is 0 Å². The normalized spacial score (nSPS) is 17.0. The smallest absolute Gasteiger partial charge is 0.254 e. The van der Waals surface area contributed by atoms with E-state index in [4.69, 9.17) is 0 Å². The van der Waals surface area contributed by atoms with Crippen molar-refractivity contribution in [3.05, 3.63) is 42.7 Å². The molecule has 1 aromatic carbocycles. The van der Waals surface area contributed by atoms with Gasteiger partial charge >= 0.3 is 0 Å². The van der Waals surface area contributed by atoms with Gasteiger partial charge in [-0.3, -0.25) is 0 Å². The van der Waals surface area contributed by atoms with Crippen molar-refractivity contribution in [3.63, 3.8) is 0 Å². The predicted molar refractivity (Wildman–Crippen MR) is 95.2 cm³/mol. The van der Waals surface area contributed by atoms with E-state index in [-0.39, 0.29) is 0 Å². The quantitative estimate of drug-likeness (QED) is 0.725. The maximum Gasteiger partial charge on any atom is 0.254 e. The zero-order chi connectivity index (χ0) is 16.4. The van der Waals surface area contributed by atoms with E-state index in [2.05, 4.69) is 50.1 Å². The summed E-state index contributed by atoms with van der Waals surface area (Å²) in [5, 5.41) is 4.39. The molecule has 1 aliphatic heterocycles. The van der Waals surface area contributed by atoms with Gasteiger partial charge in [0.05, 0.1) is 5.69 Å². The summed E-state index contributed by atoms with van der Waals surface area (Å²) >= 11 is 0. The number of rotatable bonds is 2. The van der Waals surface area contributed by atoms with Crippen LogP contribution in [0, 0.1) is 0 Å². The number of fused-ring (bicyclic) bond motifs is 1. The van der Waals surface area contributed by atoms with Crippen molar-refractivity contribution in [2.45, 2.75) is 12.8 Å². The summed E-state index contributed by atoms with van der Waals surface area (Å²) in [6.07, 6.45) is 3.88. The van der Waals surface area contributed by atoms with Crippen molar-refractivity contribution < 1.29 is 0 Å². The maximum absolute atomic E-state index is 4.67. The summed E-state index contributed by atoms with van der Waals surface area (Å²) < 4.78 is 1.86. The Kier molecular flexibility index (Phi) is 4.13. The molecule has 0 saturated carbocycles. The molecule has 0 spiro atoms. The zero-order valence-corrected chi connectivity index (χ0v) is 14.0. The lowest BCUT2D eigenvalue weighted by Crippen LogP contribution is -2.36. The van der Waals surface area contributed by atoms with Gasteiger partial charge in [0.15, 0.2) is 0 Å². The van der Waals surface area contributed by atoms with Crippen LogP contribution in [-0.4, -0.2) is 57.7 Å². The molecule has 2 aromatic heterocycles. The van der Waals surface area contributed by atoms with Gasteiger partial charge in [-0.25, -0.2) is 4.98 Å². The molecule has 0 bridgehead atoms. The number of aromatic nitrogens is 4. The van der Waals surface area contributed by atoms with Crippen LogP contribution >= 0.6 is 0 Å². The molecule has 1 aliphatic rings. The first kappa shape index (κ1) is 15.1. The Labute approximate surface area is 141 Å². The van der Waals surface area contributed by atoms with E-state index < -0.39 is 0 Å². The molecule has 6 nitrogen and oxygen atoms in total. The van der Waals surface area contributed by atoms with E-state index in [1.54, 1.807) is 6.33 Å². The fraction of sp³-hybridized carbons (Fsp3) is 0.389. The molecule has 1 fully saturated rings. The average molecular weight is 322 g/mol. The summed E-state index contributed by atoms with van der Waals surface area (Å²) in [5.74, 6) is 1.74. The molecular formula is C18H22N6. The fourth-order valence-corrected chi connectivity index (χ4v) is 3.29. The van der Waals surface area contributed by atoms with Crippen LogP contribution in [0.3, 0.4) is 0 Å². The molecule has 0 amide bonds. The highest BCUT2D eigenvalue weighted by molar-refractivity contribution is 5.65. The van der Waals surface area contributed by atoms with Crippen molar-refractivity contribution in [1.82, 2.24) is 24.5 Å². The first-order chi connectivity index (χ1) is 11.8. The second kappa shape index (κ2) is 6.57. The van der Waals surface area contributed by atoms with E-state index in [0.29, 0.717) is 5.78 Å². The summed E-state index contributed by atoms with van der Waals surface area (Å²) in [5.41, 5.74) is 2.06. The Bertz CT molecular complexity index is 803. The van der Waals surface area contributed by atoms with Gasteiger partial charge in [-0.15, -0.1) is 0 Å². The van der Waals surface area contributed by atoms with E-state index in [0.717, 1.165) is 56.1 Å². The van der Waals surface area contributed by atoms with Crippen LogP contribution in [0.25, 0.3) is 17.0 Å². The number of hydrogen-bond acceptors (Lipinski definition) is 5. The molecule has 0 unspecified atom stereocenters. The molecule has 124 valence electrons. The molecular weight excluding hydrogens is 300 g/mol. The zero-order valence-electron chi connectivity index (χ0n) is 14.0. The molecule has 4 rings (SSSR count). The molecule has 24 heavy (non-hydrogen) atoms. The van der Waals surface area contributed by atoms with Crippen LogP contribution in [0.15, 0.2) is 42.7 Å². The van der Waals surface area contributed by atoms with Crippen molar-refractivity contribution in [1.29, 1.82) is 0 Å². The minimum Gasteiger partial charge on any atom is -0.356 e. The third-order valence-corrected chi connectivity index (χ3v) is 4.56. The third-order valence-electron chi connectivity index (χ3n) is 4.56. The highest BCUT2D eigenvalue weighted by atomic mass is 15.4. The first-order valence-corrected chi connectivity index (χ1v) is 8.51. The second-order valence-corrected chi connectivity index (χ2v) is 6.33. The topological polar surface area (TPSA) is 49.6 Å². The van der Waals surface area contributed by atoms with Crippen LogP contribution < -0.4 is 4.90 Å². The molecule has 0 radical (unpaired) electrons. The Balaban J connectivity index is 1.75. The lowest BCUT2D eigenvalue weighted by molar-refractivity contribution is 0.313. The number of benzene rings is 1. The predicted octanol–water partition coefficient (Wildman–Crippen LogP) is 2.32. The number of hydrogen-bond donors (Lipinski definition) is 0. The molecule has 0 aliphatic carbocycles. The van der Waals surface area contributed by atoms with Gasteiger partial charge in [0.2, 0.25) is 0 Å². The monoisotopic (exact) mass is 322 g/mol. The lowest BCUT2D eigenvalue weighted by atomic mass is 10.1. The molecule has 0 atom stereocenters. The minimum atomic E-state index is 0.658. The van der Waals surface area contributed by atoms with Crippen molar-refractivity contribution in [2.75, 3.05) is 38.1 Å². The van der Waals surface area contributed by atoms with Gasteiger partial charge in [0, 0.05) is 24.7 Å². The van der Waals surface area contributed by atoms with E-state index >= 15 is 0 Å². The van der Waals surface area contributed by atoms with Crippen molar-refractivity contribution in [3.8, 4) is 11.3 Å². The van der Waals surface area contributed by atoms with E-state index in [9.17, 15) is 0 Å². The minimum absolute atomic E-state index is 0.658. The maximum atomic E-state index is 4.67. The van der Waals surface area contributed by atoms with Gasteiger partial charge in [0.25, 0.3) is 5.78 Å². The Hall–Kier alpha value is -2.47. The summed E-state index contributed by atoms with van der Waals surface area (Å²) in [4.78, 5) is 13.8. The largest absolute Gasteiger partial charge is 0.356 e. The molecule has 6 heteroatoms. The highest BCUT2D eigenvalue weighted by Crippen LogP contribution is 2.24. The van der Waals surface area contributed by atoms with Crippen molar-refractivity contribution in [2.24, 2.45) is 0 Å². The second-order valence-electron chi connectivity index (χ2n) is 6.33. The molecule has 3 heterocycles. The fourth-order valence-electron chi connectivity index (χ4n) is 3.29. The molecule has 1 saturated heterocycles. The van der Waals surface area contributed by atoms with Gasteiger partial charge in [-0.1, -0.05) is 30.3 Å².